The number of aryl methyl sites for hydroxylation is 3. The fourth-order valence-corrected chi connectivity index (χ4v) is 3.14. The molecule has 0 aliphatic carbocycles. The van der Waals surface area contributed by atoms with Crippen molar-refractivity contribution in [1.82, 2.24) is 24.1 Å². The molecule has 3 heterocycles. The molecule has 10 heteroatoms. The summed E-state index contributed by atoms with van der Waals surface area (Å²) in [4.78, 5) is 20.0. The first-order chi connectivity index (χ1) is 13.6. The maximum atomic E-state index is 13.0. The molecule has 7 nitrogen and oxygen atoms in total. The van der Waals surface area contributed by atoms with Crippen LogP contribution in [0.1, 0.15) is 28.3 Å². The monoisotopic (exact) mass is 403 g/mol. The number of halogens is 3. The average Bonchev–Trinajstić information content (AvgIpc) is 3.25. The van der Waals surface area contributed by atoms with Crippen molar-refractivity contribution in [3.05, 3.63) is 69.2 Å². The van der Waals surface area contributed by atoms with E-state index in [4.69, 9.17) is 4.42 Å². The molecule has 0 aliphatic heterocycles. The van der Waals surface area contributed by atoms with Crippen molar-refractivity contribution >= 4 is 5.78 Å². The van der Waals surface area contributed by atoms with Gasteiger partial charge in [0, 0.05) is 17.3 Å². The first kappa shape index (κ1) is 18.9. The zero-order chi connectivity index (χ0) is 20.9. The molecule has 0 saturated carbocycles. The molecule has 29 heavy (non-hydrogen) atoms. The van der Waals surface area contributed by atoms with E-state index in [0.717, 1.165) is 16.7 Å². The van der Waals surface area contributed by atoms with Crippen LogP contribution >= 0.6 is 0 Å². The summed E-state index contributed by atoms with van der Waals surface area (Å²) in [5.41, 5.74) is 3.15. The van der Waals surface area contributed by atoms with Crippen LogP contribution in [0.4, 0.5) is 13.2 Å². The van der Waals surface area contributed by atoms with Gasteiger partial charge in [0.25, 0.3) is 11.4 Å². The van der Waals surface area contributed by atoms with E-state index in [0.29, 0.717) is 21.8 Å². The van der Waals surface area contributed by atoms with Crippen LogP contribution in [0.2, 0.25) is 0 Å². The molecule has 0 radical (unpaired) electrons. The van der Waals surface area contributed by atoms with E-state index >= 15 is 0 Å². The van der Waals surface area contributed by atoms with Crippen molar-refractivity contribution in [3.8, 4) is 11.5 Å². The van der Waals surface area contributed by atoms with E-state index in [2.05, 4.69) is 15.1 Å². The molecule has 0 fully saturated rings. The Morgan fingerprint density at radius 1 is 1.10 bits per heavy atom. The Morgan fingerprint density at radius 3 is 2.55 bits per heavy atom. The highest BCUT2D eigenvalue weighted by Crippen LogP contribution is 2.27. The SMILES string of the molecule is Cc1ccc(-c2nc(Cn3c(C)cc(=O)n4nc(C(F)(F)F)nc34)co2)c(C)c1. The maximum absolute atomic E-state index is 13.0. The minimum absolute atomic E-state index is 0.0695. The molecule has 0 aliphatic rings. The molecule has 0 N–H and O–H groups in total. The molecule has 0 saturated heterocycles. The van der Waals surface area contributed by atoms with Gasteiger partial charge in [-0.3, -0.25) is 4.79 Å². The summed E-state index contributed by atoms with van der Waals surface area (Å²) >= 11 is 0. The normalized spacial score (nSPS) is 12.1. The van der Waals surface area contributed by atoms with Crippen LogP contribution < -0.4 is 5.56 Å². The zero-order valence-electron chi connectivity index (χ0n) is 15.8. The number of oxazole rings is 1. The lowest BCUT2D eigenvalue weighted by atomic mass is 10.1. The van der Waals surface area contributed by atoms with Gasteiger partial charge < -0.3 is 8.98 Å². The highest BCUT2D eigenvalue weighted by Gasteiger charge is 2.37. The lowest BCUT2D eigenvalue weighted by Gasteiger charge is -2.09. The summed E-state index contributed by atoms with van der Waals surface area (Å²) < 4.78 is 46.6. The van der Waals surface area contributed by atoms with Gasteiger partial charge in [0.2, 0.25) is 11.7 Å². The van der Waals surface area contributed by atoms with Crippen molar-refractivity contribution in [2.45, 2.75) is 33.5 Å². The molecule has 4 rings (SSSR count). The number of aromatic nitrogens is 5. The van der Waals surface area contributed by atoms with E-state index in [1.807, 2.05) is 32.0 Å². The maximum Gasteiger partial charge on any atom is 0.453 e. The van der Waals surface area contributed by atoms with Gasteiger partial charge in [-0.1, -0.05) is 17.7 Å². The Bertz CT molecular complexity index is 1280. The number of hydrogen-bond donors (Lipinski definition) is 0. The van der Waals surface area contributed by atoms with Crippen molar-refractivity contribution in [2.24, 2.45) is 0 Å². The molecule has 0 atom stereocenters. The number of benzene rings is 1. The van der Waals surface area contributed by atoms with Crippen molar-refractivity contribution < 1.29 is 17.6 Å². The van der Waals surface area contributed by atoms with Gasteiger partial charge in [-0.2, -0.15) is 22.7 Å². The van der Waals surface area contributed by atoms with Crippen LogP contribution in [0.5, 0.6) is 0 Å². The van der Waals surface area contributed by atoms with Crippen LogP contribution in [-0.4, -0.2) is 24.1 Å². The first-order valence-electron chi connectivity index (χ1n) is 8.70. The predicted octanol–water partition coefficient (Wildman–Crippen LogP) is 3.54. The van der Waals surface area contributed by atoms with Crippen LogP contribution in [-0.2, 0) is 12.7 Å². The van der Waals surface area contributed by atoms with E-state index < -0.39 is 17.6 Å². The summed E-state index contributed by atoms with van der Waals surface area (Å²) in [7, 11) is 0. The van der Waals surface area contributed by atoms with Gasteiger partial charge in [-0.15, -0.1) is 5.10 Å². The Morgan fingerprint density at radius 2 is 1.86 bits per heavy atom. The molecule has 0 amide bonds. The van der Waals surface area contributed by atoms with E-state index in [1.54, 1.807) is 6.92 Å². The van der Waals surface area contributed by atoms with Crippen LogP contribution in [0.15, 0.2) is 39.7 Å². The van der Waals surface area contributed by atoms with Gasteiger partial charge in [-0.05, 0) is 32.4 Å². The van der Waals surface area contributed by atoms with Gasteiger partial charge in [0.05, 0.1) is 12.2 Å². The van der Waals surface area contributed by atoms with E-state index in [-0.39, 0.29) is 12.3 Å². The van der Waals surface area contributed by atoms with Crippen LogP contribution in [0, 0.1) is 20.8 Å². The number of nitrogens with zero attached hydrogens (tertiary/aromatic N) is 5. The van der Waals surface area contributed by atoms with Gasteiger partial charge in [0.1, 0.15) is 6.26 Å². The number of rotatable bonds is 3. The van der Waals surface area contributed by atoms with Gasteiger partial charge in [0.15, 0.2) is 0 Å². The van der Waals surface area contributed by atoms with E-state index in [1.165, 1.54) is 16.9 Å². The molecular weight excluding hydrogens is 387 g/mol. The molecule has 1 aromatic carbocycles. The third-order valence-corrected chi connectivity index (χ3v) is 4.54. The van der Waals surface area contributed by atoms with Gasteiger partial charge >= 0.3 is 6.18 Å². The van der Waals surface area contributed by atoms with Crippen LogP contribution in [0.25, 0.3) is 17.2 Å². The number of hydrogen-bond acceptors (Lipinski definition) is 5. The third kappa shape index (κ3) is 3.41. The minimum Gasteiger partial charge on any atom is -0.444 e. The molecule has 0 bridgehead atoms. The van der Waals surface area contributed by atoms with E-state index in [9.17, 15) is 18.0 Å². The standard InChI is InChI=1S/C19H16F3N5O2/c1-10-4-5-14(11(2)6-10)16-23-13(9-29-16)8-26-12(3)7-15(28)27-18(26)24-17(25-27)19(20,21)22/h4-7,9H,8H2,1-3H3. The lowest BCUT2D eigenvalue weighted by molar-refractivity contribution is -0.144. The number of alkyl halides is 3. The molecule has 4 aromatic rings. The van der Waals surface area contributed by atoms with Crippen LogP contribution in [0.3, 0.4) is 0 Å². The van der Waals surface area contributed by atoms with Gasteiger partial charge in [-0.25, -0.2) is 4.98 Å². The largest absolute Gasteiger partial charge is 0.453 e. The lowest BCUT2D eigenvalue weighted by Crippen LogP contribution is -2.20. The number of fused-ring (bicyclic) bond motifs is 1. The van der Waals surface area contributed by atoms with Crippen molar-refractivity contribution in [3.63, 3.8) is 0 Å². The first-order valence-corrected chi connectivity index (χ1v) is 8.70. The summed E-state index contributed by atoms with van der Waals surface area (Å²) in [5, 5.41) is 3.30. The Kier molecular flexibility index (Phi) is 4.29. The fraction of sp³-hybridized carbons (Fsp3) is 0.263. The fourth-order valence-electron chi connectivity index (χ4n) is 3.14. The van der Waals surface area contributed by atoms with Crippen molar-refractivity contribution in [1.29, 1.82) is 0 Å². The summed E-state index contributed by atoms with van der Waals surface area (Å²) in [6, 6.07) is 7.05. The summed E-state index contributed by atoms with van der Waals surface area (Å²) in [5.74, 6) is -1.17. The summed E-state index contributed by atoms with van der Waals surface area (Å²) in [6.45, 7) is 5.60. The minimum atomic E-state index is -4.76. The Balaban J connectivity index is 1.76. The summed E-state index contributed by atoms with van der Waals surface area (Å²) in [6.07, 6.45) is -3.32. The smallest absolute Gasteiger partial charge is 0.444 e. The van der Waals surface area contributed by atoms with Crippen molar-refractivity contribution in [2.75, 3.05) is 0 Å². The molecular formula is C19H16F3N5O2. The highest BCUT2D eigenvalue weighted by atomic mass is 19.4. The quantitative estimate of drug-likeness (QED) is 0.523. The molecule has 0 spiro atoms. The average molecular weight is 403 g/mol. The molecule has 150 valence electrons. The zero-order valence-corrected chi connectivity index (χ0v) is 15.8. The highest BCUT2D eigenvalue weighted by molar-refractivity contribution is 5.59. The second-order valence-corrected chi connectivity index (χ2v) is 6.82. The molecule has 3 aromatic heterocycles. The second kappa shape index (κ2) is 6.57. The third-order valence-electron chi connectivity index (χ3n) is 4.54. The topological polar surface area (TPSA) is 78.2 Å². The Labute approximate surface area is 162 Å². The molecule has 0 unspecified atom stereocenters. The predicted molar refractivity (Wildman–Crippen MR) is 97.5 cm³/mol. The second-order valence-electron chi connectivity index (χ2n) is 6.82. The Hall–Kier alpha value is -3.43.